The molecule has 0 bridgehead atoms. The quantitative estimate of drug-likeness (QED) is 0.344. The third-order valence-corrected chi connectivity index (χ3v) is 7.03. The maximum atomic E-state index is 11.3. The first-order valence-electron chi connectivity index (χ1n) is 10.4. The number of nitrogens with zero attached hydrogens (tertiary/aromatic N) is 4. The molecule has 0 saturated heterocycles. The van der Waals surface area contributed by atoms with Gasteiger partial charge in [-0.2, -0.15) is 5.10 Å². The van der Waals surface area contributed by atoms with E-state index in [0.717, 1.165) is 41.1 Å². The average Bonchev–Trinajstić information content (AvgIpc) is 3.22. The lowest BCUT2D eigenvalue weighted by atomic mass is 10.1. The summed E-state index contributed by atoms with van der Waals surface area (Å²) in [6, 6.07) is 2.14. The number of thiazole rings is 1. The van der Waals surface area contributed by atoms with Crippen LogP contribution in [0.2, 0.25) is 0 Å². The molecule has 0 aliphatic rings. The summed E-state index contributed by atoms with van der Waals surface area (Å²) < 4.78 is 1.90. The minimum atomic E-state index is -0.869. The van der Waals surface area contributed by atoms with Gasteiger partial charge in [0, 0.05) is 38.0 Å². The number of aryl methyl sites for hydroxylation is 2. The van der Waals surface area contributed by atoms with Crippen LogP contribution in [0.25, 0.3) is 0 Å². The van der Waals surface area contributed by atoms with Gasteiger partial charge in [-0.25, -0.2) is 4.98 Å². The molecule has 0 aliphatic heterocycles. The van der Waals surface area contributed by atoms with Crippen LogP contribution in [-0.2, 0) is 18.3 Å². The van der Waals surface area contributed by atoms with Gasteiger partial charge in [-0.3, -0.25) is 9.48 Å². The molecule has 0 aromatic carbocycles. The Labute approximate surface area is 182 Å². The van der Waals surface area contributed by atoms with Crippen molar-refractivity contribution in [3.63, 3.8) is 0 Å². The Bertz CT molecular complexity index is 785. The van der Waals surface area contributed by atoms with Crippen molar-refractivity contribution in [3.05, 3.63) is 22.8 Å². The normalized spacial score (nSPS) is 11.8. The zero-order chi connectivity index (χ0) is 21.4. The monoisotopic (exact) mass is 438 g/mol. The van der Waals surface area contributed by atoms with Crippen molar-refractivity contribution in [2.45, 2.75) is 75.3 Å². The molecule has 2 aromatic heterocycles. The van der Waals surface area contributed by atoms with Crippen LogP contribution in [0.1, 0.15) is 64.3 Å². The molecule has 1 N–H and O–H groups in total. The molecule has 0 fully saturated rings. The van der Waals surface area contributed by atoms with E-state index < -0.39 is 10.7 Å². The van der Waals surface area contributed by atoms with Gasteiger partial charge in [0.15, 0.2) is 4.34 Å². The Morgan fingerprint density at radius 2 is 2.00 bits per heavy atom. The van der Waals surface area contributed by atoms with Gasteiger partial charge < -0.3 is 10.0 Å². The van der Waals surface area contributed by atoms with Crippen molar-refractivity contribution >= 4 is 34.9 Å². The fourth-order valence-corrected chi connectivity index (χ4v) is 5.33. The number of aromatic nitrogens is 3. The highest BCUT2D eigenvalue weighted by Gasteiger charge is 2.29. The highest BCUT2D eigenvalue weighted by Crippen LogP contribution is 2.34. The molecule has 0 amide bonds. The molecular weight excluding hydrogens is 404 g/mol. The molecule has 6 nitrogen and oxygen atoms in total. The largest absolute Gasteiger partial charge is 0.480 e. The van der Waals surface area contributed by atoms with E-state index in [1.807, 2.05) is 24.0 Å². The minimum absolute atomic E-state index is 0.815. The molecule has 2 aromatic rings. The van der Waals surface area contributed by atoms with Crippen molar-refractivity contribution in [3.8, 4) is 0 Å². The molecule has 2 rings (SSSR count). The Hall–Kier alpha value is -1.54. The van der Waals surface area contributed by atoms with Crippen LogP contribution in [0.3, 0.4) is 0 Å². The Balaban J connectivity index is 1.98. The molecule has 0 radical (unpaired) electrons. The lowest BCUT2D eigenvalue weighted by Gasteiger charge is -2.24. The molecule has 0 spiro atoms. The first-order chi connectivity index (χ1) is 13.7. The lowest BCUT2D eigenvalue weighted by Crippen LogP contribution is -2.29. The van der Waals surface area contributed by atoms with Crippen molar-refractivity contribution in [1.29, 1.82) is 0 Å². The van der Waals surface area contributed by atoms with Crippen molar-refractivity contribution in [2.75, 3.05) is 18.0 Å². The van der Waals surface area contributed by atoms with Crippen LogP contribution in [0.5, 0.6) is 0 Å². The molecule has 0 unspecified atom stereocenters. The summed E-state index contributed by atoms with van der Waals surface area (Å²) in [7, 11) is 2.00. The van der Waals surface area contributed by atoms with Crippen LogP contribution in [0, 0.1) is 6.92 Å². The number of aliphatic carboxylic acids is 1. The summed E-state index contributed by atoms with van der Waals surface area (Å²) >= 11 is 2.84. The molecule has 162 valence electrons. The second-order valence-corrected chi connectivity index (χ2v) is 10.7. The fourth-order valence-electron chi connectivity index (χ4n) is 3.10. The average molecular weight is 439 g/mol. The third kappa shape index (κ3) is 7.33. The summed E-state index contributed by atoms with van der Waals surface area (Å²) in [5.74, 6) is 0.329. The molecule has 8 heteroatoms. The molecule has 29 heavy (non-hydrogen) atoms. The SMILES string of the molecule is CCCCCCCN(CCc1csc(SC(C)(C)C(=O)O)n1)c1cc(C)nn1C. The number of hydrogen-bond donors (Lipinski definition) is 1. The first-order valence-corrected chi connectivity index (χ1v) is 12.0. The predicted molar refractivity (Wildman–Crippen MR) is 122 cm³/mol. The first kappa shape index (κ1) is 23.7. The number of carbonyl (C=O) groups is 1. The van der Waals surface area contributed by atoms with Crippen molar-refractivity contribution in [1.82, 2.24) is 14.8 Å². The van der Waals surface area contributed by atoms with E-state index >= 15 is 0 Å². The molecule has 0 saturated carbocycles. The Kier molecular flexibility index (Phi) is 9.02. The van der Waals surface area contributed by atoms with Crippen molar-refractivity contribution in [2.24, 2.45) is 7.05 Å². The zero-order valence-corrected chi connectivity index (χ0v) is 19.9. The summed E-state index contributed by atoms with van der Waals surface area (Å²) in [4.78, 5) is 18.4. The fraction of sp³-hybridized carbons (Fsp3) is 0.667. The van der Waals surface area contributed by atoms with Gasteiger partial charge in [-0.05, 0) is 27.2 Å². The molecule has 0 atom stereocenters. The van der Waals surface area contributed by atoms with E-state index in [0.29, 0.717) is 0 Å². The number of thioether (sulfide) groups is 1. The van der Waals surface area contributed by atoms with Crippen LogP contribution in [0.4, 0.5) is 5.82 Å². The Morgan fingerprint density at radius 3 is 2.62 bits per heavy atom. The van der Waals surface area contributed by atoms with E-state index in [2.05, 4.69) is 28.0 Å². The zero-order valence-electron chi connectivity index (χ0n) is 18.3. The van der Waals surface area contributed by atoms with Crippen LogP contribution in [0.15, 0.2) is 15.8 Å². The molecule has 2 heterocycles. The summed E-state index contributed by atoms with van der Waals surface area (Å²) in [5, 5.41) is 15.9. The maximum Gasteiger partial charge on any atom is 0.319 e. The smallest absolute Gasteiger partial charge is 0.319 e. The third-order valence-electron chi connectivity index (χ3n) is 4.86. The van der Waals surface area contributed by atoms with Gasteiger partial charge in [0.05, 0.1) is 11.4 Å². The second kappa shape index (κ2) is 11.0. The summed E-state index contributed by atoms with van der Waals surface area (Å²) in [6.45, 7) is 9.58. The maximum absolute atomic E-state index is 11.3. The van der Waals surface area contributed by atoms with Crippen molar-refractivity contribution < 1.29 is 9.90 Å². The van der Waals surface area contributed by atoms with E-state index in [4.69, 9.17) is 0 Å². The second-order valence-electron chi connectivity index (χ2n) is 7.94. The molecule has 0 aliphatic carbocycles. The molecular formula is C21H34N4O2S2. The Morgan fingerprint density at radius 1 is 1.28 bits per heavy atom. The standard InChI is InChI=1S/C21H34N4O2S2/c1-6-7-8-9-10-12-25(18-14-16(2)23-24(18)5)13-11-17-15-28-20(22-17)29-21(3,4)19(26)27/h14-15H,6-13H2,1-5H3,(H,26,27). The topological polar surface area (TPSA) is 71.2 Å². The number of hydrogen-bond acceptors (Lipinski definition) is 6. The lowest BCUT2D eigenvalue weighted by molar-refractivity contribution is -0.138. The number of unbranched alkanes of at least 4 members (excludes halogenated alkanes) is 4. The van der Waals surface area contributed by atoms with E-state index in [9.17, 15) is 9.90 Å². The van der Waals surface area contributed by atoms with Gasteiger partial charge in [0.1, 0.15) is 10.6 Å². The van der Waals surface area contributed by atoms with Gasteiger partial charge >= 0.3 is 5.97 Å². The summed E-state index contributed by atoms with van der Waals surface area (Å²) in [6.07, 6.45) is 7.12. The van der Waals surface area contributed by atoms with Crippen LogP contribution in [-0.4, -0.2) is 43.7 Å². The predicted octanol–water partition coefficient (Wildman–Crippen LogP) is 5.16. The van der Waals surface area contributed by atoms with Gasteiger partial charge in [-0.1, -0.05) is 44.4 Å². The number of carboxylic acid groups (broad SMARTS) is 1. The van der Waals surface area contributed by atoms with E-state index in [-0.39, 0.29) is 0 Å². The van der Waals surface area contributed by atoms with Gasteiger partial charge in [0.2, 0.25) is 0 Å². The highest BCUT2D eigenvalue weighted by atomic mass is 32.2. The number of carboxylic acids is 1. The van der Waals surface area contributed by atoms with E-state index in [1.54, 1.807) is 13.8 Å². The highest BCUT2D eigenvalue weighted by molar-refractivity contribution is 8.02. The number of anilines is 1. The minimum Gasteiger partial charge on any atom is -0.480 e. The van der Waals surface area contributed by atoms with Crippen LogP contribution < -0.4 is 4.90 Å². The van der Waals surface area contributed by atoms with E-state index in [1.165, 1.54) is 55.2 Å². The van der Waals surface area contributed by atoms with Crippen LogP contribution >= 0.6 is 23.1 Å². The summed E-state index contributed by atoms with van der Waals surface area (Å²) in [5.41, 5.74) is 2.05. The van der Waals surface area contributed by atoms with Gasteiger partial charge in [0.25, 0.3) is 0 Å². The van der Waals surface area contributed by atoms with Gasteiger partial charge in [-0.15, -0.1) is 11.3 Å². The number of rotatable bonds is 13.